The second kappa shape index (κ2) is 4.95. The first kappa shape index (κ1) is 11.7. The maximum atomic E-state index is 13.2. The molecule has 1 rings (SSSR count). The van der Waals surface area contributed by atoms with Crippen LogP contribution in [0.1, 0.15) is 10.4 Å². The molecule has 15 heavy (non-hydrogen) atoms. The Morgan fingerprint density at radius 2 is 1.87 bits per heavy atom. The number of benzene rings is 1. The van der Waals surface area contributed by atoms with Crippen LogP contribution in [0.3, 0.4) is 0 Å². The number of methoxy groups -OCH3 is 2. The van der Waals surface area contributed by atoms with Crippen LogP contribution in [0.2, 0.25) is 0 Å². The van der Waals surface area contributed by atoms with E-state index in [0.29, 0.717) is 0 Å². The topological polar surface area (TPSA) is 35.5 Å². The Labute approximate surface area is 85.6 Å². The van der Waals surface area contributed by atoms with E-state index >= 15 is 0 Å². The van der Waals surface area contributed by atoms with Crippen LogP contribution < -0.4 is 0 Å². The highest BCUT2D eigenvalue weighted by Crippen LogP contribution is 2.14. The van der Waals surface area contributed by atoms with Gasteiger partial charge in [-0.15, -0.1) is 0 Å². The van der Waals surface area contributed by atoms with Crippen molar-refractivity contribution in [3.05, 3.63) is 35.4 Å². The fourth-order valence-electron chi connectivity index (χ4n) is 1.13. The second-order valence-electron chi connectivity index (χ2n) is 2.77. The molecule has 0 bridgehead atoms. The summed E-state index contributed by atoms with van der Waals surface area (Å²) in [6.45, 7) is 0. The van der Waals surface area contributed by atoms with Crippen LogP contribution in [-0.2, 0) is 9.47 Å². The molecule has 0 saturated carbocycles. The van der Waals surface area contributed by atoms with Crippen LogP contribution >= 0.6 is 0 Å². The fraction of sp³-hybridized carbons (Fsp3) is 0.300. The molecule has 0 aliphatic carbocycles. The van der Waals surface area contributed by atoms with Gasteiger partial charge in [-0.25, -0.2) is 8.78 Å². The number of carbonyl (C=O) groups is 1. The number of hydrogen-bond acceptors (Lipinski definition) is 3. The zero-order valence-corrected chi connectivity index (χ0v) is 8.29. The van der Waals surface area contributed by atoms with E-state index in [1.54, 1.807) is 0 Å². The van der Waals surface area contributed by atoms with Gasteiger partial charge >= 0.3 is 0 Å². The Bertz CT molecular complexity index is 362. The zero-order chi connectivity index (χ0) is 11.4. The Morgan fingerprint density at radius 3 is 2.40 bits per heavy atom. The first-order chi connectivity index (χ1) is 7.11. The quantitative estimate of drug-likeness (QED) is 0.568. The Hall–Kier alpha value is -1.33. The monoisotopic (exact) mass is 216 g/mol. The first-order valence-corrected chi connectivity index (χ1v) is 4.15. The Kier molecular flexibility index (Phi) is 3.88. The number of rotatable bonds is 4. The molecule has 0 aromatic heterocycles. The van der Waals surface area contributed by atoms with E-state index in [2.05, 4.69) is 9.47 Å². The number of ketones is 1. The third-order valence-corrected chi connectivity index (χ3v) is 1.86. The van der Waals surface area contributed by atoms with E-state index in [-0.39, 0.29) is 5.56 Å². The molecule has 0 aliphatic rings. The molecule has 5 heteroatoms. The third kappa shape index (κ3) is 2.37. The minimum absolute atomic E-state index is 0.385. The van der Waals surface area contributed by atoms with Crippen LogP contribution in [0, 0.1) is 11.6 Å². The van der Waals surface area contributed by atoms with Gasteiger partial charge in [0, 0.05) is 14.2 Å². The number of ether oxygens (including phenoxy) is 2. The molecule has 0 N–H and O–H groups in total. The van der Waals surface area contributed by atoms with Gasteiger partial charge in [-0.2, -0.15) is 0 Å². The van der Waals surface area contributed by atoms with Gasteiger partial charge in [-0.3, -0.25) is 4.79 Å². The van der Waals surface area contributed by atoms with Crippen molar-refractivity contribution in [2.45, 2.75) is 6.29 Å². The molecule has 0 atom stereocenters. The molecule has 0 fully saturated rings. The molecular formula is C10H10F2O3. The highest BCUT2D eigenvalue weighted by atomic mass is 19.2. The number of halogens is 2. The van der Waals surface area contributed by atoms with E-state index in [0.717, 1.165) is 6.07 Å². The number of Topliss-reactive ketones (excluding diaryl/α,β-unsaturated/α-hetero) is 1. The standard InChI is InChI=1S/C10H10F2O3/c1-14-10(15-2)9(13)6-4-3-5-7(11)8(6)12/h3-5,10H,1-2H3. The van der Waals surface area contributed by atoms with Crippen molar-refractivity contribution in [1.82, 2.24) is 0 Å². The van der Waals surface area contributed by atoms with E-state index in [1.807, 2.05) is 0 Å². The average molecular weight is 216 g/mol. The molecule has 1 aromatic rings. The summed E-state index contributed by atoms with van der Waals surface area (Å²) in [7, 11) is 2.48. The summed E-state index contributed by atoms with van der Waals surface area (Å²) >= 11 is 0. The SMILES string of the molecule is COC(OC)C(=O)c1cccc(F)c1F. The first-order valence-electron chi connectivity index (χ1n) is 4.15. The molecule has 0 aliphatic heterocycles. The van der Waals surface area contributed by atoms with Crippen molar-refractivity contribution >= 4 is 5.78 Å². The Morgan fingerprint density at radius 1 is 1.27 bits per heavy atom. The molecule has 0 radical (unpaired) electrons. The van der Waals surface area contributed by atoms with E-state index < -0.39 is 23.7 Å². The maximum Gasteiger partial charge on any atom is 0.222 e. The molecular weight excluding hydrogens is 206 g/mol. The van der Waals surface area contributed by atoms with Gasteiger partial charge in [0.2, 0.25) is 12.1 Å². The molecule has 0 unspecified atom stereocenters. The van der Waals surface area contributed by atoms with Gasteiger partial charge in [-0.1, -0.05) is 6.07 Å². The van der Waals surface area contributed by atoms with Crippen molar-refractivity contribution < 1.29 is 23.0 Å². The summed E-state index contributed by atoms with van der Waals surface area (Å²) in [5.41, 5.74) is -0.385. The predicted molar refractivity (Wildman–Crippen MR) is 48.5 cm³/mol. The van der Waals surface area contributed by atoms with Gasteiger partial charge in [0.15, 0.2) is 11.6 Å². The van der Waals surface area contributed by atoms with Crippen molar-refractivity contribution in [1.29, 1.82) is 0 Å². The molecule has 0 amide bonds. The van der Waals surface area contributed by atoms with E-state index in [1.165, 1.54) is 26.4 Å². The second-order valence-corrected chi connectivity index (χ2v) is 2.77. The molecule has 1 aromatic carbocycles. The summed E-state index contributed by atoms with van der Waals surface area (Å²) in [5, 5.41) is 0. The number of hydrogen-bond donors (Lipinski definition) is 0. The molecule has 0 spiro atoms. The predicted octanol–water partition coefficient (Wildman–Crippen LogP) is 1.77. The summed E-state index contributed by atoms with van der Waals surface area (Å²) in [5.74, 6) is -3.02. The molecule has 3 nitrogen and oxygen atoms in total. The fourth-order valence-corrected chi connectivity index (χ4v) is 1.13. The van der Waals surface area contributed by atoms with Gasteiger partial charge in [0.1, 0.15) is 0 Å². The molecule has 0 saturated heterocycles. The minimum Gasteiger partial charge on any atom is -0.349 e. The molecule has 82 valence electrons. The lowest BCUT2D eigenvalue weighted by Gasteiger charge is -2.12. The number of carbonyl (C=O) groups excluding carboxylic acids is 1. The van der Waals surface area contributed by atoms with Crippen LogP contribution in [0.15, 0.2) is 18.2 Å². The lowest BCUT2D eigenvalue weighted by atomic mass is 10.1. The minimum atomic E-state index is -1.22. The maximum absolute atomic E-state index is 13.2. The van der Waals surface area contributed by atoms with Crippen LogP contribution in [0.25, 0.3) is 0 Å². The highest BCUT2D eigenvalue weighted by Gasteiger charge is 2.23. The average Bonchev–Trinajstić information content (AvgIpc) is 2.23. The van der Waals surface area contributed by atoms with Crippen LogP contribution in [0.5, 0.6) is 0 Å². The largest absolute Gasteiger partial charge is 0.349 e. The molecule has 0 heterocycles. The van der Waals surface area contributed by atoms with Crippen LogP contribution in [-0.4, -0.2) is 26.3 Å². The smallest absolute Gasteiger partial charge is 0.222 e. The summed E-state index contributed by atoms with van der Waals surface area (Å²) < 4.78 is 35.3. The summed E-state index contributed by atoms with van der Waals surface area (Å²) in [4.78, 5) is 11.5. The zero-order valence-electron chi connectivity index (χ0n) is 8.29. The van der Waals surface area contributed by atoms with E-state index in [4.69, 9.17) is 0 Å². The van der Waals surface area contributed by atoms with Crippen LogP contribution in [0.4, 0.5) is 8.78 Å². The Balaban J connectivity index is 3.05. The normalized spacial score (nSPS) is 10.7. The summed E-state index contributed by atoms with van der Waals surface area (Å²) in [6, 6.07) is 3.35. The van der Waals surface area contributed by atoms with Crippen molar-refractivity contribution in [3.8, 4) is 0 Å². The van der Waals surface area contributed by atoms with Gasteiger partial charge in [0.25, 0.3) is 0 Å². The van der Waals surface area contributed by atoms with E-state index in [9.17, 15) is 13.6 Å². The van der Waals surface area contributed by atoms with Crippen molar-refractivity contribution in [2.24, 2.45) is 0 Å². The lowest BCUT2D eigenvalue weighted by Crippen LogP contribution is -2.26. The lowest BCUT2D eigenvalue weighted by molar-refractivity contribution is -0.0744. The van der Waals surface area contributed by atoms with Crippen molar-refractivity contribution in [2.75, 3.05) is 14.2 Å². The van der Waals surface area contributed by atoms with Crippen molar-refractivity contribution in [3.63, 3.8) is 0 Å². The van der Waals surface area contributed by atoms with Gasteiger partial charge in [0.05, 0.1) is 5.56 Å². The van der Waals surface area contributed by atoms with Gasteiger partial charge < -0.3 is 9.47 Å². The summed E-state index contributed by atoms with van der Waals surface area (Å²) in [6.07, 6.45) is -1.22. The highest BCUT2D eigenvalue weighted by molar-refractivity contribution is 5.98. The third-order valence-electron chi connectivity index (χ3n) is 1.86. The van der Waals surface area contributed by atoms with Gasteiger partial charge in [-0.05, 0) is 12.1 Å².